The molecule has 1 aliphatic heterocycles. The number of likely N-dealkylation sites (N-methyl/N-ethyl adjacent to an activating group) is 1. The fourth-order valence-corrected chi connectivity index (χ4v) is 3.73. The molecule has 0 radical (unpaired) electrons. The quantitative estimate of drug-likeness (QED) is 0.352. The lowest BCUT2D eigenvalue weighted by molar-refractivity contribution is -0.971. The van der Waals surface area contributed by atoms with Crippen molar-refractivity contribution in [2.45, 2.75) is 58.6 Å². The van der Waals surface area contributed by atoms with E-state index < -0.39 is 11.9 Å². The average Bonchev–Trinajstić information content (AvgIpc) is 3.09. The molecule has 0 saturated carbocycles. The number of nitrogens with zero attached hydrogens (tertiary/aromatic N) is 3. The van der Waals surface area contributed by atoms with E-state index in [0.717, 1.165) is 30.7 Å². The zero-order valence-corrected chi connectivity index (χ0v) is 17.9. The van der Waals surface area contributed by atoms with E-state index in [9.17, 15) is 4.79 Å². The summed E-state index contributed by atoms with van der Waals surface area (Å²) >= 11 is 1.17. The molecule has 0 aromatic carbocycles. The molecule has 1 unspecified atom stereocenters. The Hall–Kier alpha value is -1.67. The van der Waals surface area contributed by atoms with Crippen LogP contribution >= 0.6 is 11.7 Å². The number of quaternary nitrogens is 1. The monoisotopic (exact) mass is 398 g/mol. The molecule has 0 fully saturated rings. The molecule has 0 spiro atoms. The molecule has 1 atom stereocenters. The Kier molecular flexibility index (Phi) is 7.61. The molecule has 27 heavy (non-hydrogen) atoms. The van der Waals surface area contributed by atoms with Gasteiger partial charge in [0.15, 0.2) is 0 Å². The summed E-state index contributed by atoms with van der Waals surface area (Å²) in [5.74, 6) is 0.614. The minimum absolute atomic E-state index is 0.543. The van der Waals surface area contributed by atoms with Crippen LogP contribution in [0.15, 0.2) is 6.08 Å². The van der Waals surface area contributed by atoms with Crippen LogP contribution < -0.4 is 4.74 Å². The highest BCUT2D eigenvalue weighted by atomic mass is 32.1. The lowest BCUT2D eigenvalue weighted by Gasteiger charge is -2.47. The normalized spacial score (nSPS) is 20.1. The maximum absolute atomic E-state index is 11.7. The fourth-order valence-electron chi connectivity index (χ4n) is 3.20. The molecule has 1 aromatic heterocycles. The van der Waals surface area contributed by atoms with Crippen LogP contribution in [0, 0.1) is 0 Å². The van der Waals surface area contributed by atoms with Crippen molar-refractivity contribution in [1.29, 1.82) is 0 Å². The number of hydrogen-bond acceptors (Lipinski definition) is 7. The van der Waals surface area contributed by atoms with Crippen molar-refractivity contribution >= 4 is 23.5 Å². The van der Waals surface area contributed by atoms with Gasteiger partial charge in [-0.15, -0.1) is 4.37 Å². The average molecular weight is 399 g/mol. The second kappa shape index (κ2) is 9.50. The second-order valence-corrected chi connectivity index (χ2v) is 8.15. The van der Waals surface area contributed by atoms with E-state index >= 15 is 0 Å². The first kappa shape index (κ1) is 21.6. The predicted octanol–water partition coefficient (Wildman–Crippen LogP) is 4.25. The van der Waals surface area contributed by atoms with Gasteiger partial charge in [0, 0.05) is 25.8 Å². The van der Waals surface area contributed by atoms with Gasteiger partial charge in [-0.1, -0.05) is 32.3 Å². The van der Waals surface area contributed by atoms with Gasteiger partial charge in [-0.2, -0.15) is 4.37 Å². The summed E-state index contributed by atoms with van der Waals surface area (Å²) in [6.45, 7) is 8.22. The molecule has 1 aromatic rings. The second-order valence-electron chi connectivity index (χ2n) is 7.63. The molecule has 7 nitrogen and oxygen atoms in total. The van der Waals surface area contributed by atoms with Crippen LogP contribution in [0.1, 0.15) is 58.6 Å². The van der Waals surface area contributed by atoms with Gasteiger partial charge in [-0.05, 0) is 6.42 Å². The van der Waals surface area contributed by atoms with Crippen molar-refractivity contribution in [3.63, 3.8) is 0 Å². The topological polar surface area (TPSA) is 70.5 Å². The molecule has 152 valence electrons. The van der Waals surface area contributed by atoms with E-state index in [1.807, 2.05) is 13.8 Å². The summed E-state index contributed by atoms with van der Waals surface area (Å²) in [5, 5.41) is 0. The number of hydrogen-bond donors (Lipinski definition) is 0. The van der Waals surface area contributed by atoms with E-state index in [1.54, 1.807) is 0 Å². The maximum atomic E-state index is 11.7. The molecule has 0 aliphatic carbocycles. The van der Waals surface area contributed by atoms with Crippen molar-refractivity contribution in [2.24, 2.45) is 0 Å². The van der Waals surface area contributed by atoms with Crippen molar-refractivity contribution in [3.8, 4) is 5.88 Å². The summed E-state index contributed by atoms with van der Waals surface area (Å²) in [5.41, 5.74) is 1.17. The minimum atomic E-state index is -0.725. The molecule has 8 heteroatoms. The third kappa shape index (κ3) is 5.42. The van der Waals surface area contributed by atoms with Gasteiger partial charge in [-0.25, -0.2) is 4.79 Å². The maximum Gasteiger partial charge on any atom is 0.512 e. The van der Waals surface area contributed by atoms with Gasteiger partial charge in [-0.3, -0.25) is 4.48 Å². The van der Waals surface area contributed by atoms with E-state index in [-0.39, 0.29) is 0 Å². The van der Waals surface area contributed by atoms with Crippen LogP contribution in [-0.2, 0) is 9.47 Å². The molecule has 2 heterocycles. The van der Waals surface area contributed by atoms with Gasteiger partial charge in [0.05, 0.1) is 39.0 Å². The van der Waals surface area contributed by atoms with E-state index in [2.05, 4.69) is 33.5 Å². The Morgan fingerprint density at radius 2 is 2.07 bits per heavy atom. The van der Waals surface area contributed by atoms with Crippen molar-refractivity contribution in [3.05, 3.63) is 11.8 Å². The predicted molar refractivity (Wildman–Crippen MR) is 106 cm³/mol. The number of carbonyl (C=O) groups is 1. The summed E-state index contributed by atoms with van der Waals surface area (Å²) in [4.78, 5) is 11.7. The molecule has 0 bridgehead atoms. The van der Waals surface area contributed by atoms with Crippen molar-refractivity contribution in [1.82, 2.24) is 8.75 Å². The van der Waals surface area contributed by atoms with Crippen molar-refractivity contribution < 1.29 is 23.5 Å². The highest BCUT2D eigenvalue weighted by molar-refractivity contribution is 6.99. The first-order valence-electron chi connectivity index (χ1n) is 9.59. The number of ether oxygens (including phenoxy) is 3. The van der Waals surface area contributed by atoms with Gasteiger partial charge < -0.3 is 14.2 Å². The number of aromatic nitrogens is 2. The number of methoxy groups -OCH3 is 1. The van der Waals surface area contributed by atoms with Crippen LogP contribution in [0.5, 0.6) is 5.88 Å². The van der Waals surface area contributed by atoms with Crippen LogP contribution in [-0.4, -0.2) is 59.0 Å². The largest absolute Gasteiger partial charge is 0.512 e. The molecule has 0 amide bonds. The zero-order valence-electron chi connectivity index (χ0n) is 17.1. The smallest absolute Gasteiger partial charge is 0.475 e. The fraction of sp³-hybridized carbons (Fsp3) is 0.737. The zero-order chi connectivity index (χ0) is 19.9. The van der Waals surface area contributed by atoms with Crippen LogP contribution in [0.4, 0.5) is 4.79 Å². The lowest BCUT2D eigenvalue weighted by atomic mass is 10.0. The van der Waals surface area contributed by atoms with Gasteiger partial charge in [0.2, 0.25) is 5.72 Å². The highest BCUT2D eigenvalue weighted by Crippen LogP contribution is 2.35. The van der Waals surface area contributed by atoms with E-state index in [4.69, 9.17) is 9.47 Å². The summed E-state index contributed by atoms with van der Waals surface area (Å²) in [7, 11) is 3.41. The molecule has 0 saturated heterocycles. The van der Waals surface area contributed by atoms with Gasteiger partial charge >= 0.3 is 6.16 Å². The Balaban J connectivity index is 2.07. The lowest BCUT2D eigenvalue weighted by Crippen LogP contribution is -2.62. The van der Waals surface area contributed by atoms with Crippen LogP contribution in [0.3, 0.4) is 0 Å². The highest BCUT2D eigenvalue weighted by Gasteiger charge is 2.46. The molecular formula is C19H32N3O4S+. The number of unbranched alkanes of at least 4 members (excludes halogenated alkanes) is 3. The summed E-state index contributed by atoms with van der Waals surface area (Å²) in [6, 6.07) is 0. The number of rotatable bonds is 9. The third-order valence-corrected chi connectivity index (χ3v) is 5.84. The molecular weight excluding hydrogens is 366 g/mol. The number of carbonyl (C=O) groups excluding carboxylic acids is 1. The van der Waals surface area contributed by atoms with Crippen LogP contribution in [0.25, 0.3) is 5.57 Å². The molecule has 2 rings (SSSR count). The van der Waals surface area contributed by atoms with Crippen molar-refractivity contribution in [2.75, 3.05) is 33.9 Å². The minimum Gasteiger partial charge on any atom is -0.475 e. The standard InChI is InChI=1S/C19H32N3O4S/c1-6-7-8-9-13-25-17-16(20-27-21-17)15-11-10-12-22(4,14-15)19(2,3)26-18(23)24-5/h11H,6-10,12-14H2,1-5H3/q+1. The SMILES string of the molecule is CCCCCCOc1nsnc1C1=CCC[N+](C)(C(C)(C)OC(=O)OC)C1. The molecule has 0 N–H and O–H groups in total. The third-order valence-electron chi connectivity index (χ3n) is 5.33. The Morgan fingerprint density at radius 3 is 2.78 bits per heavy atom. The summed E-state index contributed by atoms with van der Waals surface area (Å²) < 4.78 is 25.5. The Morgan fingerprint density at radius 1 is 1.30 bits per heavy atom. The Bertz CT molecular complexity index is 659. The van der Waals surface area contributed by atoms with Gasteiger partial charge in [0.1, 0.15) is 12.2 Å². The van der Waals surface area contributed by atoms with Gasteiger partial charge in [0.25, 0.3) is 5.88 Å². The van der Waals surface area contributed by atoms with Crippen LogP contribution in [0.2, 0.25) is 0 Å². The first-order valence-corrected chi connectivity index (χ1v) is 10.3. The summed E-state index contributed by atoms with van der Waals surface area (Å²) in [6.07, 6.45) is 7.01. The van der Waals surface area contributed by atoms with E-state index in [1.165, 1.54) is 38.1 Å². The molecule has 1 aliphatic rings. The first-order chi connectivity index (χ1) is 12.8. The van der Waals surface area contributed by atoms with E-state index in [0.29, 0.717) is 23.5 Å². The Labute approximate surface area is 166 Å².